The molecule has 0 aliphatic rings. The van der Waals surface area contributed by atoms with Gasteiger partial charge in [0.25, 0.3) is 0 Å². The summed E-state index contributed by atoms with van der Waals surface area (Å²) in [4.78, 5) is 11.5. The van der Waals surface area contributed by atoms with Crippen LogP contribution < -0.4 is 0 Å². The lowest BCUT2D eigenvalue weighted by molar-refractivity contribution is 0.0939. The molecule has 0 aromatic heterocycles. The van der Waals surface area contributed by atoms with Crippen molar-refractivity contribution in [1.82, 2.24) is 0 Å². The maximum absolute atomic E-state index is 11.5. The third-order valence-corrected chi connectivity index (χ3v) is 1.49. The van der Waals surface area contributed by atoms with Crippen LogP contribution in [0.5, 0.6) is 0 Å². The van der Waals surface area contributed by atoms with Gasteiger partial charge in [-0.1, -0.05) is 44.2 Å². The topological polar surface area (TPSA) is 17.1 Å². The molecule has 11 heavy (non-hydrogen) atoms. The van der Waals surface area contributed by atoms with Gasteiger partial charge in [-0.15, -0.1) is 0 Å². The van der Waals surface area contributed by atoms with Crippen molar-refractivity contribution in [3.8, 4) is 0 Å². The summed E-state index contributed by atoms with van der Waals surface area (Å²) in [6, 6.07) is 8.93. The molecule has 0 N–H and O–H groups in total. The normalized spacial score (nSPS) is 12.4. The predicted octanol–water partition coefficient (Wildman–Crippen LogP) is 2.53. The SMILES string of the molecule is [2H]C(C)(C)C(=O)c1ccccc1. The molecular formula is C10H12O. The van der Waals surface area contributed by atoms with Crippen molar-refractivity contribution >= 4 is 5.78 Å². The molecule has 0 radical (unpaired) electrons. The first kappa shape index (κ1) is 6.59. The summed E-state index contributed by atoms with van der Waals surface area (Å²) in [5, 5.41) is 0. The third-order valence-electron chi connectivity index (χ3n) is 1.49. The van der Waals surface area contributed by atoms with E-state index < -0.39 is 5.89 Å². The highest BCUT2D eigenvalue weighted by Gasteiger charge is 2.08. The summed E-state index contributed by atoms with van der Waals surface area (Å²) in [6.07, 6.45) is 0. The first-order valence-electron chi connectivity index (χ1n) is 4.11. The van der Waals surface area contributed by atoms with Gasteiger partial charge in [-0.05, 0) is 0 Å². The lowest BCUT2D eigenvalue weighted by Crippen LogP contribution is -2.06. The molecule has 0 saturated carbocycles. The van der Waals surface area contributed by atoms with Crippen LogP contribution in [0.15, 0.2) is 30.3 Å². The van der Waals surface area contributed by atoms with E-state index in [1.165, 1.54) is 0 Å². The second-order valence-electron chi connectivity index (χ2n) is 2.70. The lowest BCUT2D eigenvalue weighted by Gasteiger charge is -2.01. The Morgan fingerprint density at radius 1 is 1.36 bits per heavy atom. The summed E-state index contributed by atoms with van der Waals surface area (Å²) < 4.78 is 7.53. The minimum atomic E-state index is -1.03. The second kappa shape index (κ2) is 3.33. The molecule has 0 saturated heterocycles. The largest absolute Gasteiger partial charge is 0.294 e. The third kappa shape index (κ3) is 1.90. The zero-order chi connectivity index (χ0) is 9.19. The number of Topliss-reactive ketones (excluding diaryl/α,β-unsaturated/α-hetero) is 1. The van der Waals surface area contributed by atoms with Crippen LogP contribution in [0.2, 0.25) is 0 Å². The van der Waals surface area contributed by atoms with Crippen molar-refractivity contribution in [3.63, 3.8) is 0 Å². The van der Waals surface area contributed by atoms with E-state index in [0.29, 0.717) is 5.56 Å². The first-order chi connectivity index (χ1) is 5.52. The highest BCUT2D eigenvalue weighted by atomic mass is 16.1. The van der Waals surface area contributed by atoms with Crippen LogP contribution in [0, 0.1) is 5.89 Å². The standard InChI is InChI=1S/C10H12O/c1-8(2)10(11)9-6-4-3-5-7-9/h3-8H,1-2H3/i8D. The van der Waals surface area contributed by atoms with Crippen molar-refractivity contribution in [2.24, 2.45) is 5.89 Å². The Morgan fingerprint density at radius 2 is 1.91 bits per heavy atom. The van der Waals surface area contributed by atoms with Gasteiger partial charge in [-0.2, -0.15) is 0 Å². The van der Waals surface area contributed by atoms with E-state index in [-0.39, 0.29) is 5.78 Å². The molecule has 0 bridgehead atoms. The monoisotopic (exact) mass is 149 g/mol. The van der Waals surface area contributed by atoms with Crippen LogP contribution >= 0.6 is 0 Å². The van der Waals surface area contributed by atoms with E-state index in [1.807, 2.05) is 6.07 Å². The summed E-state index contributed by atoms with van der Waals surface area (Å²) in [7, 11) is 0. The number of carbonyl (C=O) groups excluding carboxylic acids is 1. The first-order valence-corrected chi connectivity index (χ1v) is 3.61. The van der Waals surface area contributed by atoms with E-state index in [9.17, 15) is 4.79 Å². The fourth-order valence-corrected chi connectivity index (χ4v) is 0.878. The van der Waals surface area contributed by atoms with E-state index in [2.05, 4.69) is 0 Å². The number of ketones is 1. The Hall–Kier alpha value is -1.11. The van der Waals surface area contributed by atoms with Gasteiger partial charge >= 0.3 is 0 Å². The molecule has 1 aromatic rings. The molecule has 0 aliphatic heterocycles. The molecule has 0 amide bonds. The summed E-state index contributed by atoms with van der Waals surface area (Å²) in [6.45, 7) is 3.20. The fraction of sp³-hybridized carbons (Fsp3) is 0.300. The van der Waals surface area contributed by atoms with Gasteiger partial charge in [0.15, 0.2) is 5.78 Å². The van der Waals surface area contributed by atoms with Crippen molar-refractivity contribution in [2.45, 2.75) is 13.8 Å². The van der Waals surface area contributed by atoms with Gasteiger partial charge in [0.05, 0.1) is 0 Å². The Balaban J connectivity index is 2.94. The molecule has 1 rings (SSSR count). The van der Waals surface area contributed by atoms with Crippen LogP contribution in [0.3, 0.4) is 0 Å². The predicted molar refractivity (Wildman–Crippen MR) is 45.6 cm³/mol. The van der Waals surface area contributed by atoms with Gasteiger partial charge in [0, 0.05) is 12.8 Å². The molecular weight excluding hydrogens is 136 g/mol. The quantitative estimate of drug-likeness (QED) is 0.590. The van der Waals surface area contributed by atoms with Crippen LogP contribution in [0.1, 0.15) is 25.6 Å². The molecule has 1 heteroatoms. The van der Waals surface area contributed by atoms with Crippen LogP contribution in [-0.2, 0) is 0 Å². The summed E-state index contributed by atoms with van der Waals surface area (Å²) in [5.74, 6) is -1.16. The zero-order valence-corrected chi connectivity index (χ0v) is 6.79. The molecule has 58 valence electrons. The van der Waals surface area contributed by atoms with Gasteiger partial charge < -0.3 is 0 Å². The lowest BCUT2D eigenvalue weighted by atomic mass is 10.0. The highest BCUT2D eigenvalue weighted by molar-refractivity contribution is 5.97. The molecule has 0 aliphatic carbocycles. The van der Waals surface area contributed by atoms with E-state index in [4.69, 9.17) is 1.37 Å². The van der Waals surface area contributed by atoms with Gasteiger partial charge in [-0.3, -0.25) is 4.79 Å². The number of rotatable bonds is 2. The highest BCUT2D eigenvalue weighted by Crippen LogP contribution is 2.06. The van der Waals surface area contributed by atoms with E-state index in [1.54, 1.807) is 38.1 Å². The average molecular weight is 149 g/mol. The van der Waals surface area contributed by atoms with Crippen LogP contribution in [0.4, 0.5) is 0 Å². The molecule has 0 atom stereocenters. The smallest absolute Gasteiger partial charge is 0.165 e. The number of hydrogen-bond donors (Lipinski definition) is 0. The van der Waals surface area contributed by atoms with Crippen molar-refractivity contribution in [3.05, 3.63) is 35.9 Å². The van der Waals surface area contributed by atoms with E-state index in [0.717, 1.165) is 0 Å². The van der Waals surface area contributed by atoms with Crippen LogP contribution in [-0.4, -0.2) is 5.78 Å². The molecule has 0 spiro atoms. The van der Waals surface area contributed by atoms with Crippen molar-refractivity contribution < 1.29 is 6.17 Å². The van der Waals surface area contributed by atoms with Gasteiger partial charge in [0.1, 0.15) is 0 Å². The van der Waals surface area contributed by atoms with Crippen LogP contribution in [0.25, 0.3) is 0 Å². The summed E-state index contributed by atoms with van der Waals surface area (Å²) in [5.41, 5.74) is 0.609. The fourth-order valence-electron chi connectivity index (χ4n) is 0.878. The Labute approximate surface area is 68.5 Å². The Morgan fingerprint density at radius 3 is 2.36 bits per heavy atom. The molecule has 1 aromatic carbocycles. The summed E-state index contributed by atoms with van der Waals surface area (Å²) >= 11 is 0. The van der Waals surface area contributed by atoms with Gasteiger partial charge in [0.2, 0.25) is 0 Å². The second-order valence-corrected chi connectivity index (χ2v) is 2.70. The Kier molecular flexibility index (Phi) is 2.00. The zero-order valence-electron chi connectivity index (χ0n) is 7.79. The number of hydrogen-bond acceptors (Lipinski definition) is 1. The van der Waals surface area contributed by atoms with E-state index >= 15 is 0 Å². The molecule has 0 heterocycles. The molecule has 1 nitrogen and oxygen atoms in total. The average Bonchev–Trinajstić information content (AvgIpc) is 2.03. The number of benzene rings is 1. The minimum Gasteiger partial charge on any atom is -0.294 e. The van der Waals surface area contributed by atoms with Crippen molar-refractivity contribution in [1.29, 1.82) is 0 Å². The maximum Gasteiger partial charge on any atom is 0.165 e. The maximum atomic E-state index is 11.5. The Bertz CT molecular complexity index is 272. The molecule has 0 unspecified atom stereocenters. The minimum absolute atomic E-state index is 0.136. The van der Waals surface area contributed by atoms with Crippen molar-refractivity contribution in [2.75, 3.05) is 0 Å². The number of carbonyl (C=O) groups is 1. The molecule has 0 fully saturated rings. The van der Waals surface area contributed by atoms with Gasteiger partial charge in [-0.25, -0.2) is 0 Å².